The Kier molecular flexibility index (Phi) is 4.26. The van der Waals surface area contributed by atoms with Gasteiger partial charge in [-0.1, -0.05) is 0 Å². The van der Waals surface area contributed by atoms with Crippen molar-refractivity contribution in [3.8, 4) is 0 Å². The fraction of sp³-hybridized carbons (Fsp3) is 0.364. The van der Waals surface area contributed by atoms with E-state index in [1.54, 1.807) is 6.26 Å². The summed E-state index contributed by atoms with van der Waals surface area (Å²) in [6, 6.07) is 1.86. The summed E-state index contributed by atoms with van der Waals surface area (Å²) in [7, 11) is 1.92. The first-order chi connectivity index (χ1) is 8.54. The van der Waals surface area contributed by atoms with E-state index in [1.165, 1.54) is 0 Å². The molecule has 18 heavy (non-hydrogen) atoms. The first-order valence-electron chi connectivity index (χ1n) is 5.41. The zero-order chi connectivity index (χ0) is 13.3. The van der Waals surface area contributed by atoms with E-state index in [-0.39, 0.29) is 6.04 Å². The number of nitrogens with one attached hydrogen (secondary N) is 1. The number of nitrogens with two attached hydrogens (primary N) is 1. The number of furan rings is 1. The number of hydrogen-bond acceptors (Lipinski definition) is 4. The molecule has 0 aliphatic rings. The normalized spacial score (nSPS) is 12.9. The van der Waals surface area contributed by atoms with Crippen LogP contribution in [0, 0.1) is 6.92 Å². The second kappa shape index (κ2) is 5.56. The van der Waals surface area contributed by atoms with Crippen LogP contribution >= 0.6 is 31.9 Å². The summed E-state index contributed by atoms with van der Waals surface area (Å²) in [5.74, 6) is 5.63. The lowest BCUT2D eigenvalue weighted by Gasteiger charge is -2.15. The third-order valence-electron chi connectivity index (χ3n) is 2.88. The molecular formula is C11H14Br2N4O. The van der Waals surface area contributed by atoms with Crippen LogP contribution in [-0.2, 0) is 13.5 Å². The second-order valence-electron chi connectivity index (χ2n) is 4.04. The number of hydrazine groups is 1. The van der Waals surface area contributed by atoms with Crippen molar-refractivity contribution in [1.29, 1.82) is 0 Å². The highest BCUT2D eigenvalue weighted by atomic mass is 79.9. The Morgan fingerprint density at radius 3 is 2.72 bits per heavy atom. The van der Waals surface area contributed by atoms with Crippen LogP contribution < -0.4 is 11.3 Å². The molecule has 0 bridgehead atoms. The van der Waals surface area contributed by atoms with E-state index in [0.29, 0.717) is 11.1 Å². The van der Waals surface area contributed by atoms with Gasteiger partial charge in [0.05, 0.1) is 28.2 Å². The van der Waals surface area contributed by atoms with Crippen molar-refractivity contribution < 1.29 is 4.42 Å². The Morgan fingerprint density at radius 1 is 1.56 bits per heavy atom. The van der Waals surface area contributed by atoms with Gasteiger partial charge in [0.15, 0.2) is 4.67 Å². The van der Waals surface area contributed by atoms with Crippen molar-refractivity contribution in [2.75, 3.05) is 0 Å². The van der Waals surface area contributed by atoms with Gasteiger partial charge in [0.2, 0.25) is 0 Å². The Bertz CT molecular complexity index is 549. The van der Waals surface area contributed by atoms with E-state index in [9.17, 15) is 0 Å². The van der Waals surface area contributed by atoms with Gasteiger partial charge in [0.1, 0.15) is 0 Å². The minimum absolute atomic E-state index is 0.0378. The molecule has 1 atom stereocenters. The molecule has 0 radical (unpaired) electrons. The molecule has 0 fully saturated rings. The summed E-state index contributed by atoms with van der Waals surface area (Å²) >= 11 is 6.92. The molecule has 0 aliphatic carbocycles. The van der Waals surface area contributed by atoms with E-state index in [4.69, 9.17) is 10.3 Å². The van der Waals surface area contributed by atoms with Crippen LogP contribution in [0.5, 0.6) is 0 Å². The molecule has 0 saturated heterocycles. The number of nitrogens with zero attached hydrogens (tertiary/aromatic N) is 2. The summed E-state index contributed by atoms with van der Waals surface area (Å²) in [6.07, 6.45) is 2.35. The monoisotopic (exact) mass is 376 g/mol. The predicted molar refractivity (Wildman–Crippen MR) is 75.8 cm³/mol. The fourth-order valence-corrected chi connectivity index (χ4v) is 2.92. The first kappa shape index (κ1) is 13.8. The van der Waals surface area contributed by atoms with E-state index in [0.717, 1.165) is 21.4 Å². The molecule has 2 rings (SSSR count). The highest BCUT2D eigenvalue weighted by Crippen LogP contribution is 2.29. The van der Waals surface area contributed by atoms with Crippen molar-refractivity contribution in [3.63, 3.8) is 0 Å². The maximum atomic E-state index is 5.63. The Hall–Kier alpha value is -0.630. The van der Waals surface area contributed by atoms with Crippen LogP contribution in [0.3, 0.4) is 0 Å². The summed E-state index contributed by atoms with van der Waals surface area (Å²) in [4.78, 5) is 0. The van der Waals surface area contributed by atoms with Gasteiger partial charge in [-0.15, -0.1) is 0 Å². The minimum atomic E-state index is -0.0378. The maximum absolute atomic E-state index is 5.63. The van der Waals surface area contributed by atoms with Gasteiger partial charge in [-0.25, -0.2) is 0 Å². The molecule has 0 aromatic carbocycles. The third-order valence-corrected chi connectivity index (χ3v) is 4.56. The average molecular weight is 378 g/mol. The van der Waals surface area contributed by atoms with E-state index < -0.39 is 0 Å². The van der Waals surface area contributed by atoms with Gasteiger partial charge in [-0.3, -0.25) is 16.0 Å². The number of aryl methyl sites for hydroxylation is 2. The van der Waals surface area contributed by atoms with Gasteiger partial charge in [-0.05, 0) is 44.8 Å². The largest absolute Gasteiger partial charge is 0.457 e. The number of halogens is 2. The van der Waals surface area contributed by atoms with Crippen molar-refractivity contribution in [2.45, 2.75) is 19.4 Å². The van der Waals surface area contributed by atoms with Gasteiger partial charge in [0, 0.05) is 19.0 Å². The summed E-state index contributed by atoms with van der Waals surface area (Å²) in [5.41, 5.74) is 5.85. The fourth-order valence-electron chi connectivity index (χ4n) is 1.91. The standard InChI is InChI=1S/C11H14Br2N4O/c1-6-10(12)9(17(2)16-6)5-8(15-14)7-3-4-18-11(7)13/h3-4,8,15H,5,14H2,1-2H3. The Morgan fingerprint density at radius 2 is 2.28 bits per heavy atom. The zero-order valence-electron chi connectivity index (χ0n) is 10.1. The maximum Gasteiger partial charge on any atom is 0.173 e. The summed E-state index contributed by atoms with van der Waals surface area (Å²) in [6.45, 7) is 1.96. The quantitative estimate of drug-likeness (QED) is 0.634. The number of aromatic nitrogens is 2. The third kappa shape index (κ3) is 2.54. The summed E-state index contributed by atoms with van der Waals surface area (Å²) < 4.78 is 8.81. The van der Waals surface area contributed by atoms with Crippen molar-refractivity contribution >= 4 is 31.9 Å². The molecule has 0 aliphatic heterocycles. The molecule has 7 heteroatoms. The SMILES string of the molecule is Cc1nn(C)c(CC(NN)c2ccoc2Br)c1Br. The van der Waals surface area contributed by atoms with Crippen LogP contribution in [-0.4, -0.2) is 9.78 Å². The molecule has 98 valence electrons. The van der Waals surface area contributed by atoms with Crippen LogP contribution in [0.1, 0.15) is 23.0 Å². The molecule has 2 aromatic heterocycles. The lowest BCUT2D eigenvalue weighted by molar-refractivity contribution is 0.497. The molecule has 1 unspecified atom stereocenters. The molecule has 5 nitrogen and oxygen atoms in total. The number of rotatable bonds is 4. The predicted octanol–water partition coefficient (Wildman–Crippen LogP) is 2.59. The lowest BCUT2D eigenvalue weighted by atomic mass is 10.1. The molecule has 0 saturated carbocycles. The Balaban J connectivity index is 2.29. The van der Waals surface area contributed by atoms with E-state index >= 15 is 0 Å². The average Bonchev–Trinajstić information content (AvgIpc) is 2.84. The van der Waals surface area contributed by atoms with Crippen molar-refractivity contribution in [3.05, 3.63) is 38.4 Å². The topological polar surface area (TPSA) is 69.0 Å². The second-order valence-corrected chi connectivity index (χ2v) is 5.56. The number of hydrogen-bond donors (Lipinski definition) is 2. The van der Waals surface area contributed by atoms with Crippen LogP contribution in [0.15, 0.2) is 25.9 Å². The van der Waals surface area contributed by atoms with Gasteiger partial charge >= 0.3 is 0 Å². The molecular weight excluding hydrogens is 364 g/mol. The Labute approximate surface area is 122 Å². The van der Waals surface area contributed by atoms with Crippen LogP contribution in [0.2, 0.25) is 0 Å². The molecule has 3 N–H and O–H groups in total. The highest BCUT2D eigenvalue weighted by molar-refractivity contribution is 9.10. The van der Waals surface area contributed by atoms with Crippen molar-refractivity contribution in [2.24, 2.45) is 12.9 Å². The van der Waals surface area contributed by atoms with Gasteiger partial charge < -0.3 is 4.42 Å². The van der Waals surface area contributed by atoms with Gasteiger partial charge in [0.25, 0.3) is 0 Å². The molecule has 0 amide bonds. The zero-order valence-corrected chi connectivity index (χ0v) is 13.2. The molecule has 0 spiro atoms. The molecule has 2 heterocycles. The lowest BCUT2D eigenvalue weighted by Crippen LogP contribution is -2.30. The smallest absolute Gasteiger partial charge is 0.173 e. The minimum Gasteiger partial charge on any atom is -0.457 e. The van der Waals surface area contributed by atoms with E-state index in [2.05, 4.69) is 42.4 Å². The van der Waals surface area contributed by atoms with Crippen LogP contribution in [0.4, 0.5) is 0 Å². The molecule has 2 aromatic rings. The van der Waals surface area contributed by atoms with Crippen molar-refractivity contribution in [1.82, 2.24) is 15.2 Å². The first-order valence-corrected chi connectivity index (χ1v) is 7.00. The van der Waals surface area contributed by atoms with E-state index in [1.807, 2.05) is 24.7 Å². The van der Waals surface area contributed by atoms with Gasteiger partial charge in [-0.2, -0.15) is 5.10 Å². The van der Waals surface area contributed by atoms with Crippen LogP contribution in [0.25, 0.3) is 0 Å². The highest BCUT2D eigenvalue weighted by Gasteiger charge is 2.20. The summed E-state index contributed by atoms with van der Waals surface area (Å²) in [5, 5.41) is 4.37.